The van der Waals surface area contributed by atoms with Gasteiger partial charge >= 0.3 is 0 Å². The van der Waals surface area contributed by atoms with Crippen LogP contribution >= 0.6 is 0 Å². The van der Waals surface area contributed by atoms with Crippen LogP contribution in [-0.4, -0.2) is 74.0 Å². The highest BCUT2D eigenvalue weighted by Gasteiger charge is 2.30. The fourth-order valence-electron chi connectivity index (χ4n) is 2.34. The third-order valence-electron chi connectivity index (χ3n) is 3.06. The topological polar surface area (TPSA) is 35.9 Å². The van der Waals surface area contributed by atoms with Gasteiger partial charge in [-0.3, -0.25) is 4.90 Å². The van der Waals surface area contributed by atoms with Gasteiger partial charge in [-0.25, -0.2) is 0 Å². The van der Waals surface area contributed by atoms with Gasteiger partial charge in [-0.2, -0.15) is 0 Å². The lowest BCUT2D eigenvalue weighted by Crippen LogP contribution is -2.39. The number of ether oxygens (including phenoxy) is 1. The van der Waals surface area contributed by atoms with Crippen molar-refractivity contribution in [1.82, 2.24) is 9.80 Å². The first-order chi connectivity index (χ1) is 7.99. The standard InChI is InChI=1S/C13H28N2O2/c1-11(2)10-17-6-5-15-9-13(16)7-12(15)8-14(3)4/h11-13,16H,5-10H2,1-4H3. The molecule has 0 aromatic rings. The molecule has 1 aliphatic heterocycles. The van der Waals surface area contributed by atoms with Crippen LogP contribution in [0.3, 0.4) is 0 Å². The monoisotopic (exact) mass is 244 g/mol. The molecule has 0 aromatic heterocycles. The van der Waals surface area contributed by atoms with Gasteiger partial charge in [0.2, 0.25) is 0 Å². The lowest BCUT2D eigenvalue weighted by Gasteiger charge is -2.26. The summed E-state index contributed by atoms with van der Waals surface area (Å²) in [5.41, 5.74) is 0. The molecule has 1 aliphatic rings. The summed E-state index contributed by atoms with van der Waals surface area (Å²) >= 11 is 0. The summed E-state index contributed by atoms with van der Waals surface area (Å²) in [5.74, 6) is 0.594. The van der Waals surface area contributed by atoms with Crippen molar-refractivity contribution in [3.63, 3.8) is 0 Å². The van der Waals surface area contributed by atoms with Gasteiger partial charge in [-0.15, -0.1) is 0 Å². The zero-order chi connectivity index (χ0) is 12.8. The van der Waals surface area contributed by atoms with Crippen LogP contribution in [0.5, 0.6) is 0 Å². The Kier molecular flexibility index (Phi) is 6.41. The Balaban J connectivity index is 2.24. The summed E-state index contributed by atoms with van der Waals surface area (Å²) in [6.45, 7) is 8.67. The predicted octanol–water partition coefficient (Wildman–Crippen LogP) is 0.656. The van der Waals surface area contributed by atoms with Crippen molar-refractivity contribution in [3.8, 4) is 0 Å². The molecule has 0 aliphatic carbocycles. The van der Waals surface area contributed by atoms with Crippen LogP contribution in [0.25, 0.3) is 0 Å². The average Bonchev–Trinajstić information content (AvgIpc) is 2.52. The van der Waals surface area contributed by atoms with E-state index in [1.807, 2.05) is 0 Å². The molecule has 1 fully saturated rings. The molecule has 0 amide bonds. The summed E-state index contributed by atoms with van der Waals surface area (Å²) < 4.78 is 5.61. The molecule has 102 valence electrons. The molecule has 1 N–H and O–H groups in total. The van der Waals surface area contributed by atoms with E-state index in [1.165, 1.54) is 0 Å². The zero-order valence-corrected chi connectivity index (χ0v) is 11.7. The van der Waals surface area contributed by atoms with Crippen molar-refractivity contribution < 1.29 is 9.84 Å². The molecule has 1 saturated heterocycles. The first-order valence-electron chi connectivity index (χ1n) is 6.63. The van der Waals surface area contributed by atoms with Gasteiger partial charge in [0.1, 0.15) is 0 Å². The maximum absolute atomic E-state index is 9.73. The Morgan fingerprint density at radius 3 is 2.71 bits per heavy atom. The summed E-state index contributed by atoms with van der Waals surface area (Å²) in [7, 11) is 4.16. The summed E-state index contributed by atoms with van der Waals surface area (Å²) in [5, 5.41) is 9.73. The molecule has 0 radical (unpaired) electrons. The minimum Gasteiger partial charge on any atom is -0.392 e. The van der Waals surface area contributed by atoms with Crippen molar-refractivity contribution in [2.75, 3.05) is 46.9 Å². The van der Waals surface area contributed by atoms with E-state index in [1.54, 1.807) is 0 Å². The summed E-state index contributed by atoms with van der Waals surface area (Å²) in [4.78, 5) is 4.54. The molecule has 0 saturated carbocycles. The molecule has 17 heavy (non-hydrogen) atoms. The normalized spacial score (nSPS) is 26.3. The van der Waals surface area contributed by atoms with E-state index < -0.39 is 0 Å². The van der Waals surface area contributed by atoms with E-state index in [0.29, 0.717) is 12.0 Å². The van der Waals surface area contributed by atoms with Crippen molar-refractivity contribution in [2.24, 2.45) is 5.92 Å². The lowest BCUT2D eigenvalue weighted by molar-refractivity contribution is 0.0756. The number of nitrogens with zero attached hydrogens (tertiary/aromatic N) is 2. The van der Waals surface area contributed by atoms with Gasteiger partial charge in [0, 0.05) is 32.3 Å². The van der Waals surface area contributed by atoms with Crippen LogP contribution in [0.15, 0.2) is 0 Å². The van der Waals surface area contributed by atoms with E-state index in [4.69, 9.17) is 4.74 Å². The van der Waals surface area contributed by atoms with Crippen LogP contribution in [0.4, 0.5) is 0 Å². The zero-order valence-electron chi connectivity index (χ0n) is 11.7. The first-order valence-corrected chi connectivity index (χ1v) is 6.63. The second-order valence-electron chi connectivity index (χ2n) is 5.77. The fourth-order valence-corrected chi connectivity index (χ4v) is 2.34. The second-order valence-corrected chi connectivity index (χ2v) is 5.77. The Bertz CT molecular complexity index is 210. The highest BCUT2D eigenvalue weighted by Crippen LogP contribution is 2.17. The van der Waals surface area contributed by atoms with Crippen molar-refractivity contribution >= 4 is 0 Å². The third kappa shape index (κ3) is 5.82. The third-order valence-corrected chi connectivity index (χ3v) is 3.06. The Labute approximate surface area is 106 Å². The second kappa shape index (κ2) is 7.31. The SMILES string of the molecule is CC(C)COCCN1CC(O)CC1CN(C)C. The molecule has 2 atom stereocenters. The molecule has 1 heterocycles. The van der Waals surface area contributed by atoms with Crippen LogP contribution in [-0.2, 0) is 4.74 Å². The highest BCUT2D eigenvalue weighted by molar-refractivity contribution is 4.86. The highest BCUT2D eigenvalue weighted by atomic mass is 16.5. The number of β-amino-alcohol motifs (C(OH)–C–C–N with tert-alkyl or cyclic N) is 1. The molecule has 0 bridgehead atoms. The largest absolute Gasteiger partial charge is 0.392 e. The number of rotatable bonds is 7. The lowest BCUT2D eigenvalue weighted by atomic mass is 10.2. The minimum absolute atomic E-state index is 0.162. The molecule has 4 nitrogen and oxygen atoms in total. The van der Waals surface area contributed by atoms with Crippen LogP contribution in [0.2, 0.25) is 0 Å². The van der Waals surface area contributed by atoms with E-state index in [9.17, 15) is 5.11 Å². The van der Waals surface area contributed by atoms with Crippen molar-refractivity contribution in [1.29, 1.82) is 0 Å². The molecule has 4 heteroatoms. The van der Waals surface area contributed by atoms with E-state index >= 15 is 0 Å². The molecule has 0 aromatic carbocycles. The predicted molar refractivity (Wildman–Crippen MR) is 70.2 cm³/mol. The van der Waals surface area contributed by atoms with Gasteiger partial charge in [-0.1, -0.05) is 13.8 Å². The average molecular weight is 244 g/mol. The summed E-state index contributed by atoms with van der Waals surface area (Å²) in [6.07, 6.45) is 0.729. The molecule has 2 unspecified atom stereocenters. The van der Waals surface area contributed by atoms with Gasteiger partial charge < -0.3 is 14.7 Å². The molecular formula is C13H28N2O2. The number of aliphatic hydroxyl groups excluding tert-OH is 1. The van der Waals surface area contributed by atoms with E-state index in [2.05, 4.69) is 37.7 Å². The maximum Gasteiger partial charge on any atom is 0.0682 e. The summed E-state index contributed by atoms with van der Waals surface area (Å²) in [6, 6.07) is 0.475. The number of aliphatic hydroxyl groups is 1. The fraction of sp³-hybridized carbons (Fsp3) is 1.00. The van der Waals surface area contributed by atoms with E-state index in [-0.39, 0.29) is 6.10 Å². The Morgan fingerprint density at radius 1 is 1.41 bits per heavy atom. The number of likely N-dealkylation sites (tertiary alicyclic amines) is 1. The minimum atomic E-state index is -0.162. The quantitative estimate of drug-likeness (QED) is 0.667. The molecule has 1 rings (SSSR count). The number of hydrogen-bond donors (Lipinski definition) is 1. The Hall–Kier alpha value is -0.160. The van der Waals surface area contributed by atoms with Crippen molar-refractivity contribution in [2.45, 2.75) is 32.4 Å². The van der Waals surface area contributed by atoms with Crippen LogP contribution in [0, 0.1) is 5.92 Å². The maximum atomic E-state index is 9.73. The van der Waals surface area contributed by atoms with Gasteiger partial charge in [0.15, 0.2) is 0 Å². The molecular weight excluding hydrogens is 216 g/mol. The van der Waals surface area contributed by atoms with Crippen LogP contribution in [0.1, 0.15) is 20.3 Å². The Morgan fingerprint density at radius 2 is 2.12 bits per heavy atom. The van der Waals surface area contributed by atoms with Crippen LogP contribution < -0.4 is 0 Å². The van der Waals surface area contributed by atoms with Crippen molar-refractivity contribution in [3.05, 3.63) is 0 Å². The van der Waals surface area contributed by atoms with Gasteiger partial charge in [0.25, 0.3) is 0 Å². The van der Waals surface area contributed by atoms with Gasteiger partial charge in [0.05, 0.1) is 12.7 Å². The first kappa shape index (κ1) is 14.9. The van der Waals surface area contributed by atoms with E-state index in [0.717, 1.165) is 39.3 Å². The number of hydrogen-bond acceptors (Lipinski definition) is 4. The smallest absolute Gasteiger partial charge is 0.0682 e. The number of likely N-dealkylation sites (N-methyl/N-ethyl adjacent to an activating group) is 1. The van der Waals surface area contributed by atoms with Gasteiger partial charge in [-0.05, 0) is 26.4 Å². The molecule has 0 spiro atoms.